The number of carbonyl (C=O) groups is 1. The third-order valence-corrected chi connectivity index (χ3v) is 5.83. The molecule has 8 nitrogen and oxygen atoms in total. The molecule has 0 aromatic carbocycles. The lowest BCUT2D eigenvalue weighted by Crippen LogP contribution is -2.40. The number of ether oxygens (including phenoxy) is 1. The van der Waals surface area contributed by atoms with Gasteiger partial charge in [-0.15, -0.1) is 0 Å². The van der Waals surface area contributed by atoms with Gasteiger partial charge in [0.1, 0.15) is 0 Å². The van der Waals surface area contributed by atoms with E-state index in [1.54, 1.807) is 0 Å². The second-order valence-corrected chi connectivity index (χ2v) is 7.85. The van der Waals surface area contributed by atoms with Gasteiger partial charge in [0.05, 0.1) is 30.3 Å². The average molecular weight is 387 g/mol. The van der Waals surface area contributed by atoms with E-state index in [0.29, 0.717) is 39.1 Å². The van der Waals surface area contributed by atoms with Crippen molar-refractivity contribution < 1.29 is 9.53 Å². The van der Waals surface area contributed by atoms with E-state index in [0.717, 1.165) is 37.4 Å². The summed E-state index contributed by atoms with van der Waals surface area (Å²) in [4.78, 5) is 16.9. The monoisotopic (exact) mass is 386 g/mol. The minimum absolute atomic E-state index is 0.209. The van der Waals surface area contributed by atoms with Crippen LogP contribution in [0.15, 0.2) is 6.07 Å². The van der Waals surface area contributed by atoms with Crippen LogP contribution >= 0.6 is 0 Å². The molecule has 2 aromatic rings. The molecule has 28 heavy (non-hydrogen) atoms. The van der Waals surface area contributed by atoms with Crippen LogP contribution < -0.4 is 0 Å². The van der Waals surface area contributed by atoms with Crippen LogP contribution in [0.1, 0.15) is 34.8 Å². The highest BCUT2D eigenvalue weighted by molar-refractivity contribution is 5.76. The Morgan fingerprint density at radius 2 is 1.93 bits per heavy atom. The van der Waals surface area contributed by atoms with Gasteiger partial charge in [-0.3, -0.25) is 19.1 Å². The Morgan fingerprint density at radius 3 is 2.64 bits per heavy atom. The summed E-state index contributed by atoms with van der Waals surface area (Å²) >= 11 is 0. The zero-order valence-electron chi connectivity index (χ0n) is 17.1. The van der Waals surface area contributed by atoms with Crippen molar-refractivity contribution in [3.8, 4) is 0 Å². The van der Waals surface area contributed by atoms with Crippen LogP contribution in [-0.4, -0.2) is 68.1 Å². The number of hydrogen-bond donors (Lipinski definition) is 0. The first-order valence-corrected chi connectivity index (χ1v) is 10.1. The van der Waals surface area contributed by atoms with Gasteiger partial charge in [0, 0.05) is 77.3 Å². The molecule has 0 atom stereocenters. The van der Waals surface area contributed by atoms with Gasteiger partial charge in [0.25, 0.3) is 0 Å². The highest BCUT2D eigenvalue weighted by atomic mass is 16.5. The zero-order valence-corrected chi connectivity index (χ0v) is 17.1. The van der Waals surface area contributed by atoms with Crippen molar-refractivity contribution in [1.29, 1.82) is 0 Å². The van der Waals surface area contributed by atoms with Crippen LogP contribution in [0.4, 0.5) is 0 Å². The summed E-state index contributed by atoms with van der Waals surface area (Å²) in [6.07, 6.45) is 2.22. The van der Waals surface area contributed by atoms with E-state index in [1.165, 1.54) is 17.0 Å². The van der Waals surface area contributed by atoms with Crippen molar-refractivity contribution in [2.45, 2.75) is 39.3 Å². The molecule has 0 saturated carbocycles. The largest absolute Gasteiger partial charge is 0.378 e. The van der Waals surface area contributed by atoms with E-state index in [2.05, 4.69) is 16.1 Å². The Balaban J connectivity index is 1.42. The molecule has 1 fully saturated rings. The quantitative estimate of drug-likeness (QED) is 0.761. The lowest BCUT2D eigenvalue weighted by Gasteiger charge is -2.28. The third-order valence-electron chi connectivity index (χ3n) is 5.83. The molecular formula is C20H30N6O2. The number of aryl methyl sites for hydroxylation is 4. The lowest BCUT2D eigenvalue weighted by atomic mass is 10.0. The van der Waals surface area contributed by atoms with Crippen molar-refractivity contribution >= 4 is 5.91 Å². The minimum Gasteiger partial charge on any atom is -0.378 e. The van der Waals surface area contributed by atoms with Gasteiger partial charge >= 0.3 is 0 Å². The molecule has 2 aliphatic rings. The van der Waals surface area contributed by atoms with Crippen LogP contribution in [0, 0.1) is 6.92 Å². The maximum absolute atomic E-state index is 12.5. The number of morpholine rings is 1. The second kappa shape index (κ2) is 8.05. The normalized spacial score (nSPS) is 17.8. The molecule has 2 aliphatic heterocycles. The lowest BCUT2D eigenvalue weighted by molar-refractivity contribution is -0.135. The van der Waals surface area contributed by atoms with Gasteiger partial charge in [-0.1, -0.05) is 0 Å². The Bertz CT molecular complexity index is 849. The van der Waals surface area contributed by atoms with Crippen LogP contribution in [0.3, 0.4) is 0 Å². The number of amides is 1. The van der Waals surface area contributed by atoms with Gasteiger partial charge in [0.2, 0.25) is 5.91 Å². The first-order chi connectivity index (χ1) is 13.5. The average Bonchev–Trinajstić information content (AvgIpc) is 3.18. The molecule has 1 saturated heterocycles. The van der Waals surface area contributed by atoms with Crippen molar-refractivity contribution in [3.05, 3.63) is 34.4 Å². The topological polar surface area (TPSA) is 68.4 Å². The molecular weight excluding hydrogens is 356 g/mol. The molecule has 0 N–H and O–H groups in total. The van der Waals surface area contributed by atoms with Crippen LogP contribution in [0.25, 0.3) is 0 Å². The van der Waals surface area contributed by atoms with E-state index < -0.39 is 0 Å². The highest BCUT2D eigenvalue weighted by Crippen LogP contribution is 2.24. The Hall–Kier alpha value is -2.19. The SMILES string of the molecule is Cc1cc(CN2CCc3c(c(CCC(=O)N4CCOCC4)nn3C)C2)n(C)n1. The maximum Gasteiger partial charge on any atom is 0.223 e. The number of hydrogen-bond acceptors (Lipinski definition) is 5. The van der Waals surface area contributed by atoms with Gasteiger partial charge in [-0.2, -0.15) is 10.2 Å². The Labute approximate surface area is 166 Å². The summed E-state index contributed by atoms with van der Waals surface area (Å²) in [5, 5.41) is 9.21. The van der Waals surface area contributed by atoms with Crippen molar-refractivity contribution in [3.63, 3.8) is 0 Å². The molecule has 0 radical (unpaired) electrons. The van der Waals surface area contributed by atoms with Crippen molar-refractivity contribution in [1.82, 2.24) is 29.4 Å². The summed E-state index contributed by atoms with van der Waals surface area (Å²) < 4.78 is 9.32. The first-order valence-electron chi connectivity index (χ1n) is 10.1. The van der Waals surface area contributed by atoms with Crippen LogP contribution in [0.5, 0.6) is 0 Å². The van der Waals surface area contributed by atoms with Gasteiger partial charge in [-0.25, -0.2) is 0 Å². The fraction of sp³-hybridized carbons (Fsp3) is 0.650. The minimum atomic E-state index is 0.209. The smallest absolute Gasteiger partial charge is 0.223 e. The molecule has 2 aromatic heterocycles. The Kier molecular flexibility index (Phi) is 5.50. The molecule has 0 unspecified atom stereocenters. The van der Waals surface area contributed by atoms with Crippen molar-refractivity contribution in [2.24, 2.45) is 14.1 Å². The second-order valence-electron chi connectivity index (χ2n) is 7.85. The number of aromatic nitrogens is 4. The number of rotatable bonds is 5. The predicted octanol–water partition coefficient (Wildman–Crippen LogP) is 0.812. The summed E-state index contributed by atoms with van der Waals surface area (Å²) in [5.74, 6) is 0.209. The molecule has 1 amide bonds. The van der Waals surface area contributed by atoms with E-state index in [9.17, 15) is 4.79 Å². The molecule has 0 aliphatic carbocycles. The molecule has 8 heteroatoms. The fourth-order valence-electron chi connectivity index (χ4n) is 4.30. The number of carbonyl (C=O) groups excluding carboxylic acids is 1. The first kappa shape index (κ1) is 19.1. The van der Waals surface area contributed by atoms with E-state index >= 15 is 0 Å². The summed E-state index contributed by atoms with van der Waals surface area (Å²) in [6.45, 7) is 7.52. The molecule has 0 spiro atoms. The number of fused-ring (bicyclic) bond motifs is 1. The predicted molar refractivity (Wildman–Crippen MR) is 105 cm³/mol. The maximum atomic E-state index is 12.5. The number of nitrogens with zero attached hydrogens (tertiary/aromatic N) is 6. The standard InChI is InChI=1S/C20H30N6O2/c1-15-12-16(23(2)21-15)13-25-7-6-19-17(14-25)18(22-24(19)3)4-5-20(27)26-8-10-28-11-9-26/h12H,4-11,13-14H2,1-3H3. The molecule has 4 rings (SSSR count). The molecule has 152 valence electrons. The molecule has 4 heterocycles. The zero-order chi connectivity index (χ0) is 19.7. The van der Waals surface area contributed by atoms with E-state index in [-0.39, 0.29) is 5.91 Å². The Morgan fingerprint density at radius 1 is 1.14 bits per heavy atom. The summed E-state index contributed by atoms with van der Waals surface area (Å²) in [5.41, 5.74) is 5.98. The van der Waals surface area contributed by atoms with Crippen LogP contribution in [0.2, 0.25) is 0 Å². The van der Waals surface area contributed by atoms with E-state index in [1.807, 2.05) is 35.3 Å². The summed E-state index contributed by atoms with van der Waals surface area (Å²) in [7, 11) is 4.02. The van der Waals surface area contributed by atoms with Crippen molar-refractivity contribution in [2.75, 3.05) is 32.8 Å². The van der Waals surface area contributed by atoms with Crippen LogP contribution in [-0.2, 0) is 49.6 Å². The fourth-order valence-corrected chi connectivity index (χ4v) is 4.30. The van der Waals surface area contributed by atoms with Gasteiger partial charge in [0.15, 0.2) is 0 Å². The van der Waals surface area contributed by atoms with Gasteiger partial charge < -0.3 is 9.64 Å². The third kappa shape index (κ3) is 3.98. The molecule has 0 bridgehead atoms. The van der Waals surface area contributed by atoms with E-state index in [4.69, 9.17) is 9.84 Å². The van der Waals surface area contributed by atoms with Gasteiger partial charge in [-0.05, 0) is 13.0 Å². The summed E-state index contributed by atoms with van der Waals surface area (Å²) in [6, 6.07) is 2.15. The highest BCUT2D eigenvalue weighted by Gasteiger charge is 2.25.